The van der Waals surface area contributed by atoms with Crippen molar-refractivity contribution in [2.24, 2.45) is 0 Å². The number of halogens is 4. The van der Waals surface area contributed by atoms with E-state index < -0.39 is 41.0 Å². The summed E-state index contributed by atoms with van der Waals surface area (Å²) in [6.07, 6.45) is 0.315. The molecule has 1 aromatic carbocycles. The molecule has 0 bridgehead atoms. The number of amides is 6. The summed E-state index contributed by atoms with van der Waals surface area (Å²) >= 11 is 0.574. The third kappa shape index (κ3) is 10.9. The number of hydrogen-bond acceptors (Lipinski definition) is 12. The van der Waals surface area contributed by atoms with Crippen molar-refractivity contribution in [2.45, 2.75) is 120 Å². The first-order valence-corrected chi connectivity index (χ1v) is 20.6. The Balaban J connectivity index is 0.00000683. The zero-order chi connectivity index (χ0) is 42.6. The van der Waals surface area contributed by atoms with Gasteiger partial charge in [-0.3, -0.25) is 29.4 Å². The molecule has 6 rings (SSSR count). The number of urea groups is 1. The molecule has 20 heteroatoms. The number of benzene rings is 1. The van der Waals surface area contributed by atoms with E-state index in [-0.39, 0.29) is 72.2 Å². The summed E-state index contributed by atoms with van der Waals surface area (Å²) in [5.74, 6) is -1.32. The lowest BCUT2D eigenvalue weighted by atomic mass is 9.89. The van der Waals surface area contributed by atoms with Gasteiger partial charge in [0.25, 0.3) is 5.91 Å². The summed E-state index contributed by atoms with van der Waals surface area (Å²) in [4.78, 5) is 73.4. The topological polar surface area (TPSA) is 180 Å². The standard InChI is InChI=1S/C40H50F3N9O6S.ClH/c1-24-21-49(22-25(2)50(24)23-35(54)47-27-8-5-7-26(17-27)46-32-13-14-34(53)48-36(32)55)15-6-16-58-29-11-9-28(10-12-29)51-38(57)52(37(56)39(51,3)4)59-30-18-31(40(41,42)43)33(19-44)45-20-30;/h5,7-8,17-18,20,24-25,28-29,32,46H,6,9-16,21-23H2,1-4H3,(H,47,54)(H,48,53,55);1H/t24-,25+,28?,29?,32?;. The molecule has 4 fully saturated rings. The van der Waals surface area contributed by atoms with Gasteiger partial charge < -0.3 is 25.2 Å². The highest BCUT2D eigenvalue weighted by molar-refractivity contribution is 7.98. The summed E-state index contributed by atoms with van der Waals surface area (Å²) in [6.45, 7) is 10.7. The van der Waals surface area contributed by atoms with E-state index in [1.54, 1.807) is 38.1 Å². The van der Waals surface area contributed by atoms with Gasteiger partial charge in [0.1, 0.15) is 17.6 Å². The number of nitrogens with zero attached hydrogens (tertiary/aromatic N) is 6. The van der Waals surface area contributed by atoms with E-state index in [1.807, 2.05) is 0 Å². The average Bonchev–Trinajstić information content (AvgIpc) is 3.34. The number of ether oxygens (including phenoxy) is 1. The molecule has 0 radical (unpaired) electrons. The first-order chi connectivity index (χ1) is 27.9. The number of nitrogens with one attached hydrogen (secondary N) is 3. The van der Waals surface area contributed by atoms with Crippen molar-refractivity contribution in [2.75, 3.05) is 43.4 Å². The fourth-order valence-electron chi connectivity index (χ4n) is 8.43. The van der Waals surface area contributed by atoms with Crippen LogP contribution in [-0.2, 0) is 30.1 Å². The van der Waals surface area contributed by atoms with E-state index in [2.05, 4.69) is 44.6 Å². The van der Waals surface area contributed by atoms with Crippen LogP contribution in [0.5, 0.6) is 0 Å². The maximum Gasteiger partial charge on any atom is 0.419 e. The quantitative estimate of drug-likeness (QED) is 0.101. The van der Waals surface area contributed by atoms with Gasteiger partial charge in [0.05, 0.1) is 18.2 Å². The van der Waals surface area contributed by atoms with Gasteiger partial charge in [-0.15, -0.1) is 12.4 Å². The van der Waals surface area contributed by atoms with Crippen LogP contribution in [0.15, 0.2) is 41.4 Å². The normalized spacial score (nSPS) is 25.1. The minimum absolute atomic E-state index is 0. The van der Waals surface area contributed by atoms with Gasteiger partial charge >= 0.3 is 12.2 Å². The van der Waals surface area contributed by atoms with E-state index in [1.165, 1.54) is 11.0 Å². The lowest BCUT2D eigenvalue weighted by Gasteiger charge is -2.44. The molecule has 1 unspecified atom stereocenters. The van der Waals surface area contributed by atoms with Crippen molar-refractivity contribution in [3.8, 4) is 6.07 Å². The highest BCUT2D eigenvalue weighted by Gasteiger charge is 2.55. The van der Waals surface area contributed by atoms with E-state index >= 15 is 0 Å². The molecule has 1 saturated carbocycles. The van der Waals surface area contributed by atoms with Crippen LogP contribution in [0, 0.1) is 11.3 Å². The maximum absolute atomic E-state index is 13.6. The predicted octanol–water partition coefficient (Wildman–Crippen LogP) is 5.41. The molecule has 6 amide bonds. The zero-order valence-corrected chi connectivity index (χ0v) is 35.6. The first-order valence-electron chi connectivity index (χ1n) is 19.9. The van der Waals surface area contributed by atoms with Gasteiger partial charge in [-0.25, -0.2) is 9.78 Å². The number of imide groups is 2. The number of pyridine rings is 1. The molecule has 4 aliphatic rings. The number of carbonyl (C=O) groups is 5. The number of piperazine rings is 1. The summed E-state index contributed by atoms with van der Waals surface area (Å²) in [7, 11) is 0. The van der Waals surface area contributed by atoms with Crippen LogP contribution in [0.25, 0.3) is 0 Å². The molecule has 326 valence electrons. The van der Waals surface area contributed by atoms with Crippen molar-refractivity contribution in [3.63, 3.8) is 0 Å². The van der Waals surface area contributed by atoms with Gasteiger partial charge in [-0.1, -0.05) is 6.07 Å². The van der Waals surface area contributed by atoms with Gasteiger partial charge in [0, 0.05) is 85.2 Å². The van der Waals surface area contributed by atoms with Crippen molar-refractivity contribution >= 4 is 65.4 Å². The minimum Gasteiger partial charge on any atom is -0.378 e. The third-order valence-corrected chi connectivity index (χ3v) is 12.3. The van der Waals surface area contributed by atoms with Crippen molar-refractivity contribution < 1.29 is 41.9 Å². The molecule has 3 N–H and O–H groups in total. The molecular formula is C40H51ClF3N9O6S. The van der Waals surface area contributed by atoms with Crippen LogP contribution >= 0.6 is 24.4 Å². The Morgan fingerprint density at radius 2 is 1.73 bits per heavy atom. The van der Waals surface area contributed by atoms with Gasteiger partial charge in [0.2, 0.25) is 17.7 Å². The smallest absolute Gasteiger partial charge is 0.378 e. The first kappa shape index (κ1) is 46.6. The summed E-state index contributed by atoms with van der Waals surface area (Å²) in [5.41, 5.74) is -1.94. The molecule has 4 heterocycles. The van der Waals surface area contributed by atoms with Crippen molar-refractivity contribution in [1.29, 1.82) is 5.26 Å². The number of carbonyl (C=O) groups excluding carboxylic acids is 5. The number of piperidine rings is 1. The van der Waals surface area contributed by atoms with Crippen molar-refractivity contribution in [1.82, 2.24) is 29.3 Å². The van der Waals surface area contributed by atoms with Crippen LogP contribution in [0.2, 0.25) is 0 Å². The average molecular weight is 878 g/mol. The molecule has 3 aliphatic heterocycles. The molecule has 3 saturated heterocycles. The fraction of sp³-hybridized carbons (Fsp3) is 0.575. The summed E-state index contributed by atoms with van der Waals surface area (Å²) in [5, 5.41) is 17.5. The Bertz CT molecular complexity index is 1970. The van der Waals surface area contributed by atoms with Crippen LogP contribution in [0.1, 0.15) is 83.9 Å². The second kappa shape index (κ2) is 19.5. The largest absolute Gasteiger partial charge is 0.419 e. The molecule has 1 aromatic heterocycles. The molecule has 3 atom stereocenters. The lowest BCUT2D eigenvalue weighted by molar-refractivity contribution is -0.138. The number of nitriles is 1. The summed E-state index contributed by atoms with van der Waals surface area (Å²) in [6, 6.07) is 8.23. The van der Waals surface area contributed by atoms with Crippen LogP contribution in [0.3, 0.4) is 0 Å². The Hall–Kier alpha value is -4.48. The number of rotatable bonds is 13. The Labute approximate surface area is 357 Å². The molecule has 0 spiro atoms. The second-order valence-corrected chi connectivity index (χ2v) is 17.2. The molecular weight excluding hydrogens is 827 g/mol. The minimum atomic E-state index is -4.83. The molecule has 15 nitrogen and oxygen atoms in total. The third-order valence-electron chi connectivity index (χ3n) is 11.4. The molecule has 60 heavy (non-hydrogen) atoms. The number of hydrogen-bond donors (Lipinski definition) is 3. The SMILES string of the molecule is C[C@@H]1CN(CCCOC2CCC(N3C(=O)N(Sc4cnc(C#N)c(C(F)(F)F)c4)C(=O)C3(C)C)CC2)C[C@H](C)N1CC(=O)Nc1cccc(NC2CCC(=O)NC2=O)c1.Cl. The Morgan fingerprint density at radius 3 is 2.38 bits per heavy atom. The highest BCUT2D eigenvalue weighted by Crippen LogP contribution is 2.41. The number of anilines is 2. The molecule has 1 aliphatic carbocycles. The van der Waals surface area contributed by atoms with Gasteiger partial charge in [-0.2, -0.15) is 22.7 Å². The van der Waals surface area contributed by atoms with Gasteiger partial charge in [-0.05, 0) is 90.5 Å². The predicted molar refractivity (Wildman–Crippen MR) is 219 cm³/mol. The van der Waals surface area contributed by atoms with Crippen LogP contribution < -0.4 is 16.0 Å². The highest BCUT2D eigenvalue weighted by atomic mass is 35.5. The fourth-order valence-corrected chi connectivity index (χ4v) is 9.38. The van der Waals surface area contributed by atoms with Gasteiger partial charge in [0.15, 0.2) is 5.69 Å². The maximum atomic E-state index is 13.6. The van der Waals surface area contributed by atoms with E-state index in [4.69, 9.17) is 10.00 Å². The Kier molecular flexibility index (Phi) is 15.1. The van der Waals surface area contributed by atoms with Crippen LogP contribution in [0.4, 0.5) is 29.3 Å². The lowest BCUT2D eigenvalue weighted by Crippen LogP contribution is -2.58. The summed E-state index contributed by atoms with van der Waals surface area (Å²) < 4.78 is 47.7. The van der Waals surface area contributed by atoms with E-state index in [9.17, 15) is 37.1 Å². The zero-order valence-electron chi connectivity index (χ0n) is 33.9. The molecule has 2 aromatic rings. The number of alkyl halides is 3. The van der Waals surface area contributed by atoms with E-state index in [0.717, 1.165) is 42.6 Å². The number of aromatic nitrogens is 1. The van der Waals surface area contributed by atoms with E-state index in [0.29, 0.717) is 62.0 Å². The van der Waals surface area contributed by atoms with Crippen LogP contribution in [-0.4, -0.2) is 122 Å². The van der Waals surface area contributed by atoms with Crippen molar-refractivity contribution in [3.05, 3.63) is 47.8 Å². The monoisotopic (exact) mass is 877 g/mol. The second-order valence-electron chi connectivity index (χ2n) is 16.1. The Morgan fingerprint density at radius 1 is 1.05 bits per heavy atom.